The van der Waals surface area contributed by atoms with E-state index in [0.717, 1.165) is 0 Å². The van der Waals surface area contributed by atoms with Gasteiger partial charge in [-0.25, -0.2) is 0 Å². The van der Waals surface area contributed by atoms with Crippen LogP contribution in [0.2, 0.25) is 0 Å². The molecule has 0 nitrogen and oxygen atoms in total. The molecule has 0 radical (unpaired) electrons. The van der Waals surface area contributed by atoms with Crippen molar-refractivity contribution in [1.29, 1.82) is 0 Å². The second kappa shape index (κ2) is 5.45. The minimum Gasteiger partial charge on any atom is -0.155 e. The van der Waals surface area contributed by atoms with Crippen LogP contribution in [0, 0.1) is 0 Å². The summed E-state index contributed by atoms with van der Waals surface area (Å²) in [6.07, 6.45) is 0. The monoisotopic (exact) mass is 260 g/mol. The lowest BCUT2D eigenvalue weighted by molar-refractivity contribution is 1.27. The lowest BCUT2D eigenvalue weighted by Crippen LogP contribution is -2.07. The van der Waals surface area contributed by atoms with Crippen LogP contribution in [0.4, 0.5) is 0 Å². The zero-order chi connectivity index (χ0) is 8.20. The van der Waals surface area contributed by atoms with Gasteiger partial charge in [0.2, 0.25) is 0 Å². The molecule has 0 aliphatic heterocycles. The van der Waals surface area contributed by atoms with Gasteiger partial charge in [0.05, 0.1) is 0 Å². The standard InChI is InChI=1S/C4H5Cl5S/c5-3(6)1-10-2-4(7,8)9/h3H,1-2H2. The highest BCUT2D eigenvalue weighted by Gasteiger charge is 2.19. The fourth-order valence-corrected chi connectivity index (χ4v) is 2.02. The Morgan fingerprint density at radius 3 is 2.00 bits per heavy atom. The highest BCUT2D eigenvalue weighted by molar-refractivity contribution is 7.99. The van der Waals surface area contributed by atoms with E-state index in [1.807, 2.05) is 0 Å². The fraction of sp³-hybridized carbons (Fsp3) is 1.00. The van der Waals surface area contributed by atoms with E-state index < -0.39 is 8.63 Å². The van der Waals surface area contributed by atoms with Gasteiger partial charge in [-0.2, -0.15) is 11.8 Å². The summed E-state index contributed by atoms with van der Waals surface area (Å²) in [5.74, 6) is 0.991. The van der Waals surface area contributed by atoms with Gasteiger partial charge in [0, 0.05) is 11.5 Å². The van der Waals surface area contributed by atoms with Gasteiger partial charge >= 0.3 is 0 Å². The van der Waals surface area contributed by atoms with Crippen molar-refractivity contribution in [2.45, 2.75) is 8.63 Å². The minimum absolute atomic E-state index is 0.391. The van der Waals surface area contributed by atoms with Crippen molar-refractivity contribution in [3.8, 4) is 0 Å². The van der Waals surface area contributed by atoms with Crippen LogP contribution in [0.15, 0.2) is 0 Å². The molecule has 0 aromatic rings. The third-order valence-corrected chi connectivity index (χ3v) is 3.27. The maximum atomic E-state index is 5.44. The van der Waals surface area contributed by atoms with Crippen LogP contribution in [0.1, 0.15) is 0 Å². The SMILES string of the molecule is ClC(Cl)CSCC(Cl)(Cl)Cl. The molecule has 0 saturated heterocycles. The first kappa shape index (κ1) is 11.8. The summed E-state index contributed by atoms with van der Waals surface area (Å²) in [5.41, 5.74) is 0. The van der Waals surface area contributed by atoms with Crippen LogP contribution in [0.5, 0.6) is 0 Å². The number of thioether (sulfide) groups is 1. The first-order valence-corrected chi connectivity index (χ1v) is 5.50. The molecule has 0 spiro atoms. The molecular weight excluding hydrogens is 257 g/mol. The van der Waals surface area contributed by atoms with Gasteiger partial charge in [-0.15, -0.1) is 23.2 Å². The minimum atomic E-state index is -1.20. The Bertz CT molecular complexity index is 88.1. The zero-order valence-corrected chi connectivity index (χ0v) is 9.39. The predicted octanol–water partition coefficient (Wildman–Crippen LogP) is 3.89. The van der Waals surface area contributed by atoms with E-state index in [0.29, 0.717) is 11.5 Å². The number of hydrogen-bond donors (Lipinski definition) is 0. The molecule has 0 saturated carbocycles. The smallest absolute Gasteiger partial charge is 0.155 e. The lowest BCUT2D eigenvalue weighted by Gasteiger charge is -2.09. The molecule has 0 heterocycles. The molecule has 6 heteroatoms. The molecule has 0 rings (SSSR count). The molecule has 10 heavy (non-hydrogen) atoms. The second-order valence-electron chi connectivity index (χ2n) is 1.52. The van der Waals surface area contributed by atoms with Gasteiger partial charge in [-0.1, -0.05) is 34.8 Å². The Balaban J connectivity index is 3.21. The Morgan fingerprint density at radius 2 is 1.70 bits per heavy atom. The van der Waals surface area contributed by atoms with Crippen LogP contribution in [-0.2, 0) is 0 Å². The quantitative estimate of drug-likeness (QED) is 0.695. The van der Waals surface area contributed by atoms with Crippen molar-refractivity contribution < 1.29 is 0 Å². The Morgan fingerprint density at radius 1 is 1.20 bits per heavy atom. The lowest BCUT2D eigenvalue weighted by atomic mass is 10.9. The maximum absolute atomic E-state index is 5.44. The summed E-state index contributed by atoms with van der Waals surface area (Å²) >= 11 is 28.6. The Labute approximate surface area is 89.5 Å². The van der Waals surface area contributed by atoms with E-state index in [1.54, 1.807) is 0 Å². The van der Waals surface area contributed by atoms with Crippen molar-refractivity contribution in [2.24, 2.45) is 0 Å². The van der Waals surface area contributed by atoms with E-state index in [-0.39, 0.29) is 0 Å². The summed E-state index contributed by atoms with van der Waals surface area (Å²) in [4.78, 5) is -0.391. The normalized spacial score (nSPS) is 12.6. The van der Waals surface area contributed by atoms with E-state index in [2.05, 4.69) is 0 Å². The van der Waals surface area contributed by atoms with Gasteiger partial charge in [0.1, 0.15) is 4.84 Å². The van der Waals surface area contributed by atoms with Crippen molar-refractivity contribution in [3.63, 3.8) is 0 Å². The van der Waals surface area contributed by atoms with Crippen molar-refractivity contribution in [2.75, 3.05) is 11.5 Å². The molecule has 0 aliphatic rings. The molecule has 0 bridgehead atoms. The summed E-state index contributed by atoms with van der Waals surface area (Å²) in [6, 6.07) is 0. The van der Waals surface area contributed by atoms with Gasteiger partial charge in [0.25, 0.3) is 0 Å². The van der Waals surface area contributed by atoms with Gasteiger partial charge < -0.3 is 0 Å². The number of rotatable bonds is 3. The third-order valence-electron chi connectivity index (χ3n) is 0.510. The van der Waals surface area contributed by atoms with E-state index in [9.17, 15) is 0 Å². The number of hydrogen-bond acceptors (Lipinski definition) is 1. The average Bonchev–Trinajstić information content (AvgIpc) is 1.59. The van der Waals surface area contributed by atoms with Crippen molar-refractivity contribution >= 4 is 69.8 Å². The van der Waals surface area contributed by atoms with Crippen molar-refractivity contribution in [1.82, 2.24) is 0 Å². The topological polar surface area (TPSA) is 0 Å². The maximum Gasteiger partial charge on any atom is 0.199 e. The summed E-state index contributed by atoms with van der Waals surface area (Å²) in [5, 5.41) is 0. The van der Waals surface area contributed by atoms with Gasteiger partial charge in [-0.3, -0.25) is 0 Å². The summed E-state index contributed by atoms with van der Waals surface area (Å²) in [6.45, 7) is 0. The van der Waals surface area contributed by atoms with Crippen LogP contribution in [0.3, 0.4) is 0 Å². The first-order valence-electron chi connectivity index (χ1n) is 2.34. The molecule has 0 fully saturated rings. The predicted molar refractivity (Wildman–Crippen MR) is 53.1 cm³/mol. The zero-order valence-electron chi connectivity index (χ0n) is 4.79. The number of halogens is 5. The van der Waals surface area contributed by atoms with Crippen LogP contribution in [-0.4, -0.2) is 20.1 Å². The van der Waals surface area contributed by atoms with E-state index in [1.165, 1.54) is 11.8 Å². The first-order chi connectivity index (χ1) is 4.42. The summed E-state index contributed by atoms with van der Waals surface area (Å²) < 4.78 is -1.20. The van der Waals surface area contributed by atoms with Crippen LogP contribution in [0.25, 0.3) is 0 Å². The fourth-order valence-electron chi connectivity index (χ4n) is 0.264. The highest BCUT2D eigenvalue weighted by atomic mass is 35.6. The van der Waals surface area contributed by atoms with E-state index in [4.69, 9.17) is 58.0 Å². The molecule has 62 valence electrons. The molecule has 0 aromatic carbocycles. The molecular formula is C4H5Cl5S. The number of alkyl halides is 5. The highest BCUT2D eigenvalue weighted by Crippen LogP contribution is 2.30. The van der Waals surface area contributed by atoms with Crippen molar-refractivity contribution in [3.05, 3.63) is 0 Å². The molecule has 0 amide bonds. The third kappa shape index (κ3) is 9.80. The average molecular weight is 262 g/mol. The Hall–Kier alpha value is 1.80. The second-order valence-corrected chi connectivity index (χ2v) is 6.34. The van der Waals surface area contributed by atoms with Gasteiger partial charge in [-0.05, 0) is 0 Å². The van der Waals surface area contributed by atoms with Crippen LogP contribution >= 0.6 is 69.8 Å². The van der Waals surface area contributed by atoms with Crippen LogP contribution < -0.4 is 0 Å². The molecule has 0 atom stereocenters. The Kier molecular flexibility index (Phi) is 6.43. The van der Waals surface area contributed by atoms with E-state index >= 15 is 0 Å². The molecule has 0 unspecified atom stereocenters. The summed E-state index contributed by atoms with van der Waals surface area (Å²) in [7, 11) is 0. The molecule has 0 N–H and O–H groups in total. The molecule has 0 aliphatic carbocycles. The van der Waals surface area contributed by atoms with Gasteiger partial charge in [0.15, 0.2) is 3.79 Å². The largest absolute Gasteiger partial charge is 0.199 e. The molecule has 0 aromatic heterocycles.